The summed E-state index contributed by atoms with van der Waals surface area (Å²) in [6, 6.07) is 19.8. The molecule has 1 aromatic heterocycles. The van der Waals surface area contributed by atoms with Gasteiger partial charge in [-0.15, -0.1) is 0 Å². The molecule has 0 amide bonds. The van der Waals surface area contributed by atoms with Gasteiger partial charge in [-0.05, 0) is 25.5 Å². The van der Waals surface area contributed by atoms with E-state index >= 15 is 0 Å². The van der Waals surface area contributed by atoms with Gasteiger partial charge >= 0.3 is 0 Å². The highest BCUT2D eigenvalue weighted by molar-refractivity contribution is 5.68. The summed E-state index contributed by atoms with van der Waals surface area (Å²) >= 11 is 0. The van der Waals surface area contributed by atoms with Crippen LogP contribution in [0.3, 0.4) is 0 Å². The third kappa shape index (κ3) is 5.44. The fourth-order valence-electron chi connectivity index (χ4n) is 2.76. The second kappa shape index (κ2) is 10.3. The number of methoxy groups -OCH3 is 1. The molecule has 3 rings (SSSR count). The van der Waals surface area contributed by atoms with Crippen LogP contribution in [0.5, 0.6) is 5.75 Å². The van der Waals surface area contributed by atoms with E-state index in [-0.39, 0.29) is 0 Å². The molecular weight excluding hydrogens is 352 g/mol. The van der Waals surface area contributed by atoms with Crippen LogP contribution in [0.2, 0.25) is 0 Å². The lowest BCUT2D eigenvalue weighted by Gasteiger charge is -2.14. The zero-order chi connectivity index (χ0) is 19.6. The highest BCUT2D eigenvalue weighted by Crippen LogP contribution is 2.28. The predicted octanol–water partition coefficient (Wildman–Crippen LogP) is 4.73. The molecule has 0 unspecified atom stereocenters. The van der Waals surface area contributed by atoms with E-state index in [0.29, 0.717) is 19.2 Å². The Morgan fingerprint density at radius 2 is 1.75 bits per heavy atom. The number of ether oxygens (including phenoxy) is 2. The van der Waals surface area contributed by atoms with Crippen LogP contribution < -0.4 is 15.4 Å². The molecule has 6 nitrogen and oxygen atoms in total. The molecule has 6 heteroatoms. The van der Waals surface area contributed by atoms with Gasteiger partial charge in [-0.2, -0.15) is 4.98 Å². The molecule has 146 valence electrons. The number of benzene rings is 2. The molecule has 0 aliphatic carbocycles. The Labute approximate surface area is 166 Å². The Kier molecular flexibility index (Phi) is 7.21. The number of para-hydroxylation sites is 2. The number of nitrogens with zero attached hydrogens (tertiary/aromatic N) is 2. The molecule has 2 aromatic carbocycles. The van der Waals surface area contributed by atoms with Crippen LogP contribution in [0, 0.1) is 0 Å². The minimum Gasteiger partial charge on any atom is -0.492 e. The highest BCUT2D eigenvalue weighted by Gasteiger charge is 2.09. The molecule has 1 heterocycles. The van der Waals surface area contributed by atoms with Gasteiger partial charge in [0, 0.05) is 31.9 Å². The molecule has 0 atom stereocenters. The average Bonchev–Trinajstić information content (AvgIpc) is 2.73. The zero-order valence-electron chi connectivity index (χ0n) is 16.3. The number of aromatic nitrogens is 2. The van der Waals surface area contributed by atoms with Crippen molar-refractivity contribution < 1.29 is 9.47 Å². The zero-order valence-corrected chi connectivity index (χ0v) is 16.3. The summed E-state index contributed by atoms with van der Waals surface area (Å²) in [6.07, 6.45) is 0.900. The number of hydrogen-bond acceptors (Lipinski definition) is 6. The highest BCUT2D eigenvalue weighted by atomic mass is 16.5. The average molecular weight is 378 g/mol. The van der Waals surface area contributed by atoms with E-state index in [9.17, 15) is 0 Å². The normalized spacial score (nSPS) is 10.5. The quantitative estimate of drug-likeness (QED) is 0.497. The number of hydrogen-bond donors (Lipinski definition) is 2. The molecule has 2 N–H and O–H groups in total. The molecule has 28 heavy (non-hydrogen) atoms. The second-order valence-corrected chi connectivity index (χ2v) is 6.16. The van der Waals surface area contributed by atoms with E-state index in [2.05, 4.69) is 15.6 Å². The van der Waals surface area contributed by atoms with Crippen molar-refractivity contribution in [2.24, 2.45) is 0 Å². The first kappa shape index (κ1) is 19.6. The van der Waals surface area contributed by atoms with Gasteiger partial charge in [-0.25, -0.2) is 4.98 Å². The molecule has 0 aliphatic heterocycles. The maximum absolute atomic E-state index is 5.70. The number of nitrogens with one attached hydrogen (secondary N) is 2. The van der Waals surface area contributed by atoms with Crippen LogP contribution in [0.15, 0.2) is 60.7 Å². The maximum atomic E-state index is 5.70. The van der Waals surface area contributed by atoms with Crippen molar-refractivity contribution in [3.63, 3.8) is 0 Å². The predicted molar refractivity (Wildman–Crippen MR) is 113 cm³/mol. The van der Waals surface area contributed by atoms with E-state index in [0.717, 1.165) is 41.5 Å². The van der Waals surface area contributed by atoms with E-state index in [1.165, 1.54) is 0 Å². The minimum absolute atomic E-state index is 0.516. The van der Waals surface area contributed by atoms with E-state index in [4.69, 9.17) is 14.5 Å². The molecule has 0 bridgehead atoms. The summed E-state index contributed by atoms with van der Waals surface area (Å²) in [6.45, 7) is 4.03. The second-order valence-electron chi connectivity index (χ2n) is 6.16. The lowest BCUT2D eigenvalue weighted by molar-refractivity contribution is 0.198. The summed E-state index contributed by atoms with van der Waals surface area (Å²) in [5.74, 6) is 2.05. The molecule has 0 saturated heterocycles. The molecule has 0 saturated carbocycles. The Balaban J connectivity index is 1.89. The SMILES string of the molecule is CCOc1ccccc1Nc1nc(NCCCOC)cc(-c2ccccc2)n1. The topological polar surface area (TPSA) is 68.3 Å². The van der Waals surface area contributed by atoms with Crippen molar-refractivity contribution in [3.8, 4) is 17.0 Å². The fraction of sp³-hybridized carbons (Fsp3) is 0.273. The van der Waals surface area contributed by atoms with Gasteiger partial charge < -0.3 is 20.1 Å². The smallest absolute Gasteiger partial charge is 0.229 e. The minimum atomic E-state index is 0.516. The Morgan fingerprint density at radius 1 is 0.964 bits per heavy atom. The van der Waals surface area contributed by atoms with Gasteiger partial charge in [0.05, 0.1) is 18.0 Å². The van der Waals surface area contributed by atoms with Crippen molar-refractivity contribution >= 4 is 17.5 Å². The standard InChI is InChI=1S/C22H26N4O2/c1-3-28-20-13-8-7-12-18(20)24-22-25-19(17-10-5-4-6-11-17)16-21(26-22)23-14-9-15-27-2/h4-8,10-13,16H,3,9,14-15H2,1-2H3,(H2,23,24,25,26). The third-order valence-corrected chi connectivity index (χ3v) is 4.06. The van der Waals surface area contributed by atoms with E-state index in [1.54, 1.807) is 7.11 Å². The van der Waals surface area contributed by atoms with Crippen LogP contribution >= 0.6 is 0 Å². The largest absolute Gasteiger partial charge is 0.492 e. The van der Waals surface area contributed by atoms with Crippen molar-refractivity contribution in [1.82, 2.24) is 9.97 Å². The summed E-state index contributed by atoms with van der Waals surface area (Å²) in [7, 11) is 1.70. The molecular formula is C22H26N4O2. The van der Waals surface area contributed by atoms with Gasteiger partial charge in [0.2, 0.25) is 5.95 Å². The summed E-state index contributed by atoms with van der Waals surface area (Å²) < 4.78 is 10.8. The van der Waals surface area contributed by atoms with Crippen molar-refractivity contribution in [3.05, 3.63) is 60.7 Å². The van der Waals surface area contributed by atoms with Gasteiger partial charge in [0.1, 0.15) is 11.6 Å². The van der Waals surface area contributed by atoms with Gasteiger partial charge in [0.15, 0.2) is 0 Å². The third-order valence-electron chi connectivity index (χ3n) is 4.06. The van der Waals surface area contributed by atoms with Crippen LogP contribution in [-0.2, 0) is 4.74 Å². The van der Waals surface area contributed by atoms with Crippen LogP contribution in [0.25, 0.3) is 11.3 Å². The van der Waals surface area contributed by atoms with Crippen molar-refractivity contribution in [1.29, 1.82) is 0 Å². The van der Waals surface area contributed by atoms with E-state index in [1.807, 2.05) is 67.6 Å². The maximum Gasteiger partial charge on any atom is 0.229 e. The van der Waals surface area contributed by atoms with Gasteiger partial charge in [-0.1, -0.05) is 42.5 Å². The Bertz CT molecular complexity index is 871. The molecule has 0 spiro atoms. The first-order valence-corrected chi connectivity index (χ1v) is 9.46. The lowest BCUT2D eigenvalue weighted by atomic mass is 10.1. The van der Waals surface area contributed by atoms with Crippen LogP contribution in [0.4, 0.5) is 17.5 Å². The Hall–Kier alpha value is -3.12. The first-order valence-electron chi connectivity index (χ1n) is 9.46. The van der Waals surface area contributed by atoms with Crippen molar-refractivity contribution in [2.75, 3.05) is 37.5 Å². The van der Waals surface area contributed by atoms with Gasteiger partial charge in [-0.3, -0.25) is 0 Å². The monoisotopic (exact) mass is 378 g/mol. The summed E-state index contributed by atoms with van der Waals surface area (Å²) in [5.41, 5.74) is 2.71. The van der Waals surface area contributed by atoms with Crippen molar-refractivity contribution in [2.45, 2.75) is 13.3 Å². The summed E-state index contributed by atoms with van der Waals surface area (Å²) in [5, 5.41) is 6.65. The molecule has 0 radical (unpaired) electrons. The fourth-order valence-corrected chi connectivity index (χ4v) is 2.76. The Morgan fingerprint density at radius 3 is 2.54 bits per heavy atom. The molecule has 3 aromatic rings. The number of rotatable bonds is 10. The number of anilines is 3. The van der Waals surface area contributed by atoms with Crippen LogP contribution in [-0.4, -0.2) is 36.8 Å². The van der Waals surface area contributed by atoms with Crippen LogP contribution in [0.1, 0.15) is 13.3 Å². The molecule has 0 fully saturated rings. The molecule has 0 aliphatic rings. The van der Waals surface area contributed by atoms with Gasteiger partial charge in [0.25, 0.3) is 0 Å². The first-order chi connectivity index (χ1) is 13.8. The van der Waals surface area contributed by atoms with E-state index < -0.39 is 0 Å². The summed E-state index contributed by atoms with van der Waals surface area (Å²) in [4.78, 5) is 9.33. The lowest BCUT2D eigenvalue weighted by Crippen LogP contribution is -2.08.